The first kappa shape index (κ1) is 13.7. The van der Waals surface area contributed by atoms with Gasteiger partial charge in [0.2, 0.25) is 5.82 Å². The van der Waals surface area contributed by atoms with Crippen LogP contribution >= 0.6 is 0 Å². The van der Waals surface area contributed by atoms with E-state index in [0.717, 1.165) is 19.3 Å². The minimum atomic E-state index is -0.370. The second-order valence-electron chi connectivity index (χ2n) is 5.11. The molecule has 0 aromatic carbocycles. The van der Waals surface area contributed by atoms with Crippen LogP contribution in [0, 0.1) is 23.0 Å². The van der Waals surface area contributed by atoms with Crippen molar-refractivity contribution in [1.29, 1.82) is 0 Å². The van der Waals surface area contributed by atoms with Crippen LogP contribution in [0.1, 0.15) is 31.2 Å². The van der Waals surface area contributed by atoms with E-state index in [9.17, 15) is 10.1 Å². The van der Waals surface area contributed by atoms with Gasteiger partial charge < -0.3 is 11.1 Å². The molecule has 2 rings (SSSR count). The Labute approximate surface area is 112 Å². The molecule has 0 spiro atoms. The monoisotopic (exact) mass is 264 g/mol. The van der Waals surface area contributed by atoms with E-state index in [2.05, 4.69) is 10.3 Å². The fourth-order valence-corrected chi connectivity index (χ4v) is 2.74. The normalized spacial score (nSPS) is 23.1. The van der Waals surface area contributed by atoms with Gasteiger partial charge in [0, 0.05) is 17.8 Å². The summed E-state index contributed by atoms with van der Waals surface area (Å²) in [5.41, 5.74) is 6.48. The molecule has 6 heteroatoms. The summed E-state index contributed by atoms with van der Waals surface area (Å²) in [5.74, 6) is 0.742. The Morgan fingerprint density at radius 3 is 2.95 bits per heavy atom. The number of aromatic nitrogens is 1. The molecule has 0 saturated heterocycles. The van der Waals surface area contributed by atoms with Gasteiger partial charge in [0.15, 0.2) is 0 Å². The average molecular weight is 264 g/mol. The van der Waals surface area contributed by atoms with Crippen molar-refractivity contribution >= 4 is 11.5 Å². The van der Waals surface area contributed by atoms with Crippen molar-refractivity contribution in [2.45, 2.75) is 38.6 Å². The number of nitro groups is 1. The van der Waals surface area contributed by atoms with Crippen LogP contribution in [0.25, 0.3) is 0 Å². The third-order valence-corrected chi connectivity index (χ3v) is 3.84. The largest absolute Gasteiger partial charge is 0.361 e. The molecule has 1 saturated carbocycles. The summed E-state index contributed by atoms with van der Waals surface area (Å²) in [5, 5.41) is 14.4. The Bertz CT molecular complexity index is 464. The lowest BCUT2D eigenvalue weighted by molar-refractivity contribution is -0.384. The van der Waals surface area contributed by atoms with E-state index < -0.39 is 0 Å². The average Bonchev–Trinajstić information content (AvgIpc) is 2.39. The fourth-order valence-electron chi connectivity index (χ4n) is 2.74. The number of nitrogens with zero attached hydrogens (tertiary/aromatic N) is 2. The molecule has 104 valence electrons. The van der Waals surface area contributed by atoms with Crippen molar-refractivity contribution in [3.05, 3.63) is 27.9 Å². The lowest BCUT2D eigenvalue weighted by atomic mass is 9.84. The van der Waals surface area contributed by atoms with Crippen molar-refractivity contribution in [2.75, 3.05) is 11.9 Å². The highest BCUT2D eigenvalue weighted by Gasteiger charge is 2.27. The number of hydrogen-bond acceptors (Lipinski definition) is 5. The molecule has 6 nitrogen and oxygen atoms in total. The van der Waals surface area contributed by atoms with Gasteiger partial charge in [-0.2, -0.15) is 0 Å². The third kappa shape index (κ3) is 3.01. The van der Waals surface area contributed by atoms with E-state index in [1.165, 1.54) is 6.42 Å². The number of hydrogen-bond donors (Lipinski definition) is 2. The predicted octanol–water partition coefficient (Wildman–Crippen LogP) is 2.23. The maximum Gasteiger partial charge on any atom is 0.314 e. The first-order chi connectivity index (χ1) is 9.13. The smallest absolute Gasteiger partial charge is 0.314 e. The van der Waals surface area contributed by atoms with Crippen molar-refractivity contribution in [2.24, 2.45) is 11.7 Å². The molecule has 2 unspecified atom stereocenters. The van der Waals surface area contributed by atoms with E-state index in [0.29, 0.717) is 23.8 Å². The number of anilines is 1. The molecular weight excluding hydrogens is 244 g/mol. The van der Waals surface area contributed by atoms with E-state index in [4.69, 9.17) is 5.73 Å². The molecule has 1 aliphatic rings. The lowest BCUT2D eigenvalue weighted by Gasteiger charge is -2.31. The van der Waals surface area contributed by atoms with Gasteiger partial charge in [-0.15, -0.1) is 0 Å². The van der Waals surface area contributed by atoms with Crippen LogP contribution < -0.4 is 11.1 Å². The Morgan fingerprint density at radius 2 is 2.26 bits per heavy atom. The highest BCUT2D eigenvalue weighted by molar-refractivity contribution is 5.60. The van der Waals surface area contributed by atoms with Crippen molar-refractivity contribution in [3.63, 3.8) is 0 Å². The minimum Gasteiger partial charge on any atom is -0.361 e. The minimum absolute atomic E-state index is 0.0730. The van der Waals surface area contributed by atoms with E-state index >= 15 is 0 Å². The van der Waals surface area contributed by atoms with E-state index in [1.54, 1.807) is 19.2 Å². The van der Waals surface area contributed by atoms with Gasteiger partial charge in [-0.25, -0.2) is 4.98 Å². The van der Waals surface area contributed by atoms with Gasteiger partial charge in [0.05, 0.1) is 4.92 Å². The molecule has 1 heterocycles. The lowest BCUT2D eigenvalue weighted by Crippen LogP contribution is -2.37. The van der Waals surface area contributed by atoms with Crippen LogP contribution in [0.2, 0.25) is 0 Å². The highest BCUT2D eigenvalue weighted by atomic mass is 16.6. The maximum absolute atomic E-state index is 11.1. The summed E-state index contributed by atoms with van der Waals surface area (Å²) >= 11 is 0. The molecule has 0 aliphatic heterocycles. The number of nitrogens with one attached hydrogen (secondary N) is 1. The Morgan fingerprint density at radius 1 is 1.53 bits per heavy atom. The van der Waals surface area contributed by atoms with Crippen LogP contribution in [0.5, 0.6) is 0 Å². The van der Waals surface area contributed by atoms with Crippen LogP contribution in [0.15, 0.2) is 12.3 Å². The number of aryl methyl sites for hydroxylation is 1. The molecule has 1 fully saturated rings. The van der Waals surface area contributed by atoms with E-state index in [1.807, 2.05) is 0 Å². The first-order valence-corrected chi connectivity index (χ1v) is 6.70. The SMILES string of the molecule is Cc1ccnc(NC2CCCCC2CN)c1[N+](=O)[O-]. The second-order valence-corrected chi connectivity index (χ2v) is 5.11. The standard InChI is InChI=1S/C13H20N4O2/c1-9-6-7-15-13(12(9)17(18)19)16-11-5-3-2-4-10(11)8-14/h6-7,10-11H,2-5,8,14H2,1H3,(H,15,16). The summed E-state index contributed by atoms with van der Waals surface area (Å²) < 4.78 is 0. The molecule has 1 aliphatic carbocycles. The quantitative estimate of drug-likeness (QED) is 0.642. The molecule has 1 aromatic rings. The highest BCUT2D eigenvalue weighted by Crippen LogP contribution is 2.31. The van der Waals surface area contributed by atoms with Crippen LogP contribution in [-0.4, -0.2) is 22.5 Å². The molecule has 3 N–H and O–H groups in total. The third-order valence-electron chi connectivity index (χ3n) is 3.84. The molecule has 2 atom stereocenters. The number of pyridine rings is 1. The second kappa shape index (κ2) is 5.97. The van der Waals surface area contributed by atoms with E-state index in [-0.39, 0.29) is 16.7 Å². The summed E-state index contributed by atoms with van der Waals surface area (Å²) in [7, 11) is 0. The molecule has 1 aromatic heterocycles. The molecular formula is C13H20N4O2. The summed E-state index contributed by atoms with van der Waals surface area (Å²) in [6.07, 6.45) is 5.99. The first-order valence-electron chi connectivity index (χ1n) is 6.70. The van der Waals surface area contributed by atoms with Gasteiger partial charge in [0.1, 0.15) is 0 Å². The topological polar surface area (TPSA) is 94.1 Å². The number of nitrogens with two attached hydrogens (primary N) is 1. The van der Waals surface area contributed by atoms with Gasteiger partial charge >= 0.3 is 5.69 Å². The zero-order valence-corrected chi connectivity index (χ0v) is 11.1. The number of rotatable bonds is 4. The summed E-state index contributed by atoms with van der Waals surface area (Å²) in [6, 6.07) is 1.84. The molecule has 0 radical (unpaired) electrons. The fraction of sp³-hybridized carbons (Fsp3) is 0.615. The Kier molecular flexibility index (Phi) is 4.31. The van der Waals surface area contributed by atoms with Crippen LogP contribution in [0.4, 0.5) is 11.5 Å². The van der Waals surface area contributed by atoms with Gasteiger partial charge in [-0.1, -0.05) is 12.8 Å². The maximum atomic E-state index is 11.1. The van der Waals surface area contributed by atoms with Gasteiger partial charge in [-0.3, -0.25) is 10.1 Å². The van der Waals surface area contributed by atoms with Gasteiger partial charge in [0.25, 0.3) is 0 Å². The van der Waals surface area contributed by atoms with Crippen LogP contribution in [0.3, 0.4) is 0 Å². The van der Waals surface area contributed by atoms with Crippen molar-refractivity contribution in [3.8, 4) is 0 Å². The molecule has 19 heavy (non-hydrogen) atoms. The Balaban J connectivity index is 2.22. The summed E-state index contributed by atoms with van der Waals surface area (Å²) in [4.78, 5) is 14.9. The predicted molar refractivity (Wildman–Crippen MR) is 74.1 cm³/mol. The molecule has 0 amide bonds. The summed E-state index contributed by atoms with van der Waals surface area (Å²) in [6.45, 7) is 2.34. The van der Waals surface area contributed by atoms with Crippen molar-refractivity contribution in [1.82, 2.24) is 4.98 Å². The Hall–Kier alpha value is -1.69. The van der Waals surface area contributed by atoms with Crippen molar-refractivity contribution < 1.29 is 4.92 Å². The molecule has 0 bridgehead atoms. The van der Waals surface area contributed by atoms with Gasteiger partial charge in [-0.05, 0) is 38.3 Å². The zero-order valence-electron chi connectivity index (χ0n) is 11.1. The zero-order chi connectivity index (χ0) is 13.8. The van der Waals surface area contributed by atoms with Crippen LogP contribution in [-0.2, 0) is 0 Å².